The van der Waals surface area contributed by atoms with E-state index in [1.165, 1.54) is 102 Å². The smallest absolute Gasteiger partial charge is 0.0901 e. The van der Waals surface area contributed by atoms with Crippen LogP contribution < -0.4 is 0 Å². The van der Waals surface area contributed by atoms with Crippen molar-refractivity contribution in [3.05, 3.63) is 150 Å². The van der Waals surface area contributed by atoms with Crippen LogP contribution >= 0.6 is 22.7 Å². The number of hydrogen-bond donors (Lipinski definition) is 0. The highest BCUT2D eigenvalue weighted by molar-refractivity contribution is 7.22. The fourth-order valence-corrected chi connectivity index (χ4v) is 9.65. The van der Waals surface area contributed by atoms with E-state index in [0.717, 1.165) is 5.52 Å². The van der Waals surface area contributed by atoms with Gasteiger partial charge in [0.05, 0.1) is 10.4 Å². The number of aryl methyl sites for hydroxylation is 4. The van der Waals surface area contributed by atoms with Crippen LogP contribution in [0.4, 0.5) is 0 Å². The summed E-state index contributed by atoms with van der Waals surface area (Å²) < 4.78 is 0. The number of aromatic nitrogens is 1. The summed E-state index contributed by atoms with van der Waals surface area (Å²) in [4.78, 5) is 10.4. The highest BCUT2D eigenvalue weighted by Gasteiger charge is 2.26. The van der Waals surface area contributed by atoms with Gasteiger partial charge >= 0.3 is 0 Å². The second kappa shape index (κ2) is 11.3. The molecule has 0 radical (unpaired) electrons. The van der Waals surface area contributed by atoms with Gasteiger partial charge in [-0.1, -0.05) is 144 Å². The average molecular weight is 652 g/mol. The minimum atomic E-state index is 1.07. The van der Waals surface area contributed by atoms with Crippen LogP contribution in [-0.2, 0) is 0 Å². The monoisotopic (exact) mass is 651 g/mol. The molecule has 230 valence electrons. The van der Waals surface area contributed by atoms with E-state index in [1.54, 1.807) is 0 Å². The molecule has 0 aliphatic carbocycles. The van der Waals surface area contributed by atoms with E-state index in [1.807, 2.05) is 22.7 Å². The number of hydrogen-bond acceptors (Lipinski definition) is 3. The van der Waals surface area contributed by atoms with Gasteiger partial charge in [-0.3, -0.25) is 4.98 Å². The predicted octanol–water partition coefficient (Wildman–Crippen LogP) is 13.7. The largest absolute Gasteiger partial charge is 0.254 e. The Morgan fingerprint density at radius 2 is 0.750 bits per heavy atom. The van der Waals surface area contributed by atoms with E-state index in [4.69, 9.17) is 4.98 Å². The van der Waals surface area contributed by atoms with Crippen LogP contribution in [0.3, 0.4) is 0 Å². The third kappa shape index (κ3) is 4.61. The Morgan fingerprint density at radius 1 is 0.354 bits per heavy atom. The molecule has 3 heteroatoms. The van der Waals surface area contributed by atoms with E-state index < -0.39 is 0 Å². The van der Waals surface area contributed by atoms with Crippen LogP contribution in [0.25, 0.3) is 85.0 Å². The van der Waals surface area contributed by atoms with Gasteiger partial charge in [0.2, 0.25) is 0 Å². The standard InChI is InChI=1S/C45H33NS2/c1-26-9-17-30(18-10-26)42-38-35-8-6-5-7-34(35)36-25-46-41-40(37(36)39(38)43(47-42)31-19-11-27(2)12-20-31)44(32-21-13-28(3)14-22-32)48-45(41)33-23-15-29(4)16-24-33/h5-25H,1-4H3. The Labute approximate surface area is 288 Å². The van der Waals surface area contributed by atoms with Crippen LogP contribution in [0.2, 0.25) is 0 Å². The molecule has 48 heavy (non-hydrogen) atoms. The highest BCUT2D eigenvalue weighted by atomic mass is 32.1. The Kier molecular flexibility index (Phi) is 6.82. The molecule has 9 aromatic rings. The molecular formula is C45H33NS2. The van der Waals surface area contributed by atoms with Gasteiger partial charge in [0, 0.05) is 47.8 Å². The van der Waals surface area contributed by atoms with Crippen LogP contribution in [0.5, 0.6) is 0 Å². The fraction of sp³-hybridized carbons (Fsp3) is 0.0889. The lowest BCUT2D eigenvalue weighted by Gasteiger charge is -2.13. The molecule has 0 aliphatic rings. The molecular weight excluding hydrogens is 619 g/mol. The van der Waals surface area contributed by atoms with Gasteiger partial charge in [0.25, 0.3) is 0 Å². The van der Waals surface area contributed by atoms with E-state index in [-0.39, 0.29) is 0 Å². The molecule has 3 heterocycles. The number of fused-ring (bicyclic) bond motifs is 8. The summed E-state index contributed by atoms with van der Waals surface area (Å²) in [5.74, 6) is 0. The Morgan fingerprint density at radius 3 is 1.25 bits per heavy atom. The van der Waals surface area contributed by atoms with Gasteiger partial charge < -0.3 is 0 Å². The van der Waals surface area contributed by atoms with E-state index >= 15 is 0 Å². The topological polar surface area (TPSA) is 12.9 Å². The van der Waals surface area contributed by atoms with Crippen molar-refractivity contribution < 1.29 is 0 Å². The lowest BCUT2D eigenvalue weighted by molar-refractivity contribution is 1.45. The van der Waals surface area contributed by atoms with Crippen LogP contribution in [0.1, 0.15) is 22.3 Å². The SMILES string of the molecule is Cc1ccc(-c2sc(-c3ccc(C)cc3)c3c2ncc2c4ccccc4c4c(-c5ccc(C)cc5)sc(-c5ccc(C)cc5)c4c23)cc1. The molecule has 0 atom stereocenters. The van der Waals surface area contributed by atoms with E-state index in [9.17, 15) is 0 Å². The summed E-state index contributed by atoms with van der Waals surface area (Å²) in [6.07, 6.45) is 2.14. The molecule has 0 saturated carbocycles. The van der Waals surface area contributed by atoms with Gasteiger partial charge in [0.15, 0.2) is 0 Å². The molecule has 0 spiro atoms. The van der Waals surface area contributed by atoms with Gasteiger partial charge in [-0.05, 0) is 60.7 Å². The molecule has 0 fully saturated rings. The minimum absolute atomic E-state index is 1.07. The number of pyridine rings is 1. The summed E-state index contributed by atoms with van der Waals surface area (Å²) in [7, 11) is 0. The Bertz CT molecular complexity index is 2650. The van der Waals surface area contributed by atoms with Crippen molar-refractivity contribution in [1.29, 1.82) is 0 Å². The normalized spacial score (nSPS) is 11.8. The maximum absolute atomic E-state index is 5.33. The van der Waals surface area contributed by atoms with Crippen molar-refractivity contribution >= 4 is 65.9 Å². The van der Waals surface area contributed by atoms with Gasteiger partial charge in [-0.25, -0.2) is 0 Å². The van der Waals surface area contributed by atoms with Crippen LogP contribution in [-0.4, -0.2) is 4.98 Å². The summed E-state index contributed by atoms with van der Waals surface area (Å²) >= 11 is 3.79. The third-order valence-corrected chi connectivity index (χ3v) is 12.2. The highest BCUT2D eigenvalue weighted by Crippen LogP contribution is 2.54. The lowest BCUT2D eigenvalue weighted by atomic mass is 9.90. The molecule has 0 aliphatic heterocycles. The molecule has 0 bridgehead atoms. The first-order valence-electron chi connectivity index (χ1n) is 16.4. The minimum Gasteiger partial charge on any atom is -0.254 e. The van der Waals surface area contributed by atoms with Crippen molar-refractivity contribution in [2.45, 2.75) is 27.7 Å². The van der Waals surface area contributed by atoms with Gasteiger partial charge in [-0.15, -0.1) is 22.7 Å². The predicted molar refractivity (Wildman–Crippen MR) is 211 cm³/mol. The number of rotatable bonds is 4. The molecule has 0 unspecified atom stereocenters. The first kappa shape index (κ1) is 29.1. The fourth-order valence-electron chi connectivity index (χ4n) is 7.06. The number of nitrogens with zero attached hydrogens (tertiary/aromatic N) is 1. The second-order valence-electron chi connectivity index (χ2n) is 13.1. The molecule has 0 N–H and O–H groups in total. The zero-order valence-electron chi connectivity index (χ0n) is 27.4. The van der Waals surface area contributed by atoms with Crippen LogP contribution in [0.15, 0.2) is 128 Å². The Hall–Kier alpha value is -5.09. The van der Waals surface area contributed by atoms with Gasteiger partial charge in [-0.2, -0.15) is 0 Å². The van der Waals surface area contributed by atoms with Crippen molar-refractivity contribution in [1.82, 2.24) is 4.98 Å². The quantitative estimate of drug-likeness (QED) is 0.173. The van der Waals surface area contributed by atoms with E-state index in [0.29, 0.717) is 0 Å². The molecule has 0 amide bonds. The Balaban J connectivity index is 1.54. The lowest BCUT2D eigenvalue weighted by Crippen LogP contribution is -1.88. The summed E-state index contributed by atoms with van der Waals surface area (Å²) in [5, 5.41) is 8.91. The molecule has 0 saturated heterocycles. The number of thiophene rings is 2. The maximum atomic E-state index is 5.33. The van der Waals surface area contributed by atoms with Gasteiger partial charge in [0.1, 0.15) is 0 Å². The zero-order valence-corrected chi connectivity index (χ0v) is 29.0. The first-order valence-corrected chi connectivity index (χ1v) is 18.1. The molecule has 1 nitrogen and oxygen atoms in total. The average Bonchev–Trinajstić information content (AvgIpc) is 3.70. The second-order valence-corrected chi connectivity index (χ2v) is 15.1. The maximum Gasteiger partial charge on any atom is 0.0901 e. The first-order chi connectivity index (χ1) is 23.4. The number of benzene rings is 6. The third-order valence-electron chi connectivity index (χ3n) is 9.62. The van der Waals surface area contributed by atoms with Crippen molar-refractivity contribution in [2.24, 2.45) is 0 Å². The van der Waals surface area contributed by atoms with Crippen molar-refractivity contribution in [3.63, 3.8) is 0 Å². The molecule has 3 aromatic heterocycles. The van der Waals surface area contributed by atoms with Crippen molar-refractivity contribution in [3.8, 4) is 41.8 Å². The van der Waals surface area contributed by atoms with Crippen LogP contribution in [0, 0.1) is 27.7 Å². The molecule has 6 aromatic carbocycles. The van der Waals surface area contributed by atoms with E-state index in [2.05, 4.69) is 155 Å². The summed E-state index contributed by atoms with van der Waals surface area (Å²) in [6.45, 7) is 8.64. The summed E-state index contributed by atoms with van der Waals surface area (Å²) in [6, 6.07) is 45.0. The molecule has 9 rings (SSSR count). The summed E-state index contributed by atoms with van der Waals surface area (Å²) in [5.41, 5.74) is 11.1. The zero-order chi connectivity index (χ0) is 32.5. The van der Waals surface area contributed by atoms with Crippen molar-refractivity contribution in [2.75, 3.05) is 0 Å².